The van der Waals surface area contributed by atoms with Crippen molar-refractivity contribution >= 4 is 23.5 Å². The van der Waals surface area contributed by atoms with Gasteiger partial charge in [0.25, 0.3) is 0 Å². The molecule has 1 aliphatic carbocycles. The summed E-state index contributed by atoms with van der Waals surface area (Å²) in [7, 11) is 0. The maximum atomic E-state index is 4.70. The molecule has 2 heterocycles. The summed E-state index contributed by atoms with van der Waals surface area (Å²) in [6.45, 7) is 4.40. The van der Waals surface area contributed by atoms with E-state index in [0.29, 0.717) is 10.1 Å². The fourth-order valence-corrected chi connectivity index (χ4v) is 5.77. The lowest BCUT2D eigenvalue weighted by atomic mass is 9.97. The van der Waals surface area contributed by atoms with Crippen molar-refractivity contribution in [3.8, 4) is 0 Å². The van der Waals surface area contributed by atoms with E-state index in [1.54, 1.807) is 0 Å². The average Bonchev–Trinajstić information content (AvgIpc) is 2.85. The molecule has 88 valence electrons. The van der Waals surface area contributed by atoms with Crippen molar-refractivity contribution in [2.24, 2.45) is 0 Å². The Bertz CT molecular complexity index is 392. The highest BCUT2D eigenvalue weighted by molar-refractivity contribution is 8.21. The second kappa shape index (κ2) is 3.98. The maximum Gasteiger partial charge on any atom is 0.0658 e. The molecular weight excluding hydrogens is 236 g/mol. The van der Waals surface area contributed by atoms with Crippen LogP contribution >= 0.6 is 23.5 Å². The summed E-state index contributed by atoms with van der Waals surface area (Å²) in [6, 6.07) is 0.491. The van der Waals surface area contributed by atoms with Crippen LogP contribution < -0.4 is 0 Å². The normalized spacial score (nSPS) is 22.9. The molecule has 16 heavy (non-hydrogen) atoms. The zero-order valence-corrected chi connectivity index (χ0v) is 11.5. The quantitative estimate of drug-likeness (QED) is 0.767. The van der Waals surface area contributed by atoms with Gasteiger partial charge in [0, 0.05) is 23.7 Å². The van der Waals surface area contributed by atoms with Crippen molar-refractivity contribution in [3.63, 3.8) is 0 Å². The molecule has 1 spiro atoms. The number of aromatic nitrogens is 2. The number of thioether (sulfide) groups is 2. The Labute approximate surface area is 106 Å². The summed E-state index contributed by atoms with van der Waals surface area (Å²) in [4.78, 5) is 0. The first kappa shape index (κ1) is 11.0. The number of aryl methyl sites for hydroxylation is 1. The molecule has 0 unspecified atom stereocenters. The van der Waals surface area contributed by atoms with Crippen molar-refractivity contribution in [1.29, 1.82) is 0 Å². The first-order valence-corrected chi connectivity index (χ1v) is 8.00. The van der Waals surface area contributed by atoms with Crippen LogP contribution in [0.5, 0.6) is 0 Å². The third-order valence-corrected chi connectivity index (χ3v) is 6.97. The minimum absolute atomic E-state index is 0.491. The van der Waals surface area contributed by atoms with Gasteiger partial charge in [0.1, 0.15) is 0 Å². The Kier molecular flexibility index (Phi) is 2.75. The molecule has 0 bridgehead atoms. The van der Waals surface area contributed by atoms with E-state index in [9.17, 15) is 0 Å². The molecule has 1 aromatic rings. The Morgan fingerprint density at radius 1 is 1.38 bits per heavy atom. The third kappa shape index (κ3) is 1.80. The van der Waals surface area contributed by atoms with Gasteiger partial charge in [0.05, 0.1) is 9.77 Å². The molecule has 0 atom stereocenters. The maximum absolute atomic E-state index is 4.70. The van der Waals surface area contributed by atoms with Crippen molar-refractivity contribution in [2.45, 2.75) is 43.2 Å². The van der Waals surface area contributed by atoms with Crippen molar-refractivity contribution in [2.75, 3.05) is 11.5 Å². The highest BCUT2D eigenvalue weighted by atomic mass is 32.2. The van der Waals surface area contributed by atoms with E-state index < -0.39 is 0 Å². The summed E-state index contributed by atoms with van der Waals surface area (Å²) in [5, 5.41) is 4.70. The third-order valence-electron chi connectivity index (χ3n) is 3.44. The molecule has 0 N–H and O–H groups in total. The molecule has 0 radical (unpaired) electrons. The lowest BCUT2D eigenvalue weighted by Crippen LogP contribution is -2.26. The van der Waals surface area contributed by atoms with Gasteiger partial charge in [-0.3, -0.25) is 4.68 Å². The van der Waals surface area contributed by atoms with E-state index in [2.05, 4.69) is 48.2 Å². The molecule has 0 amide bonds. The molecule has 1 fully saturated rings. The van der Waals surface area contributed by atoms with Crippen LogP contribution in [0.3, 0.4) is 0 Å². The molecule has 1 aromatic heterocycles. The zero-order chi connectivity index (χ0) is 11.2. The summed E-state index contributed by atoms with van der Waals surface area (Å²) in [6.07, 6.45) is 5.99. The molecule has 2 aliphatic rings. The standard InChI is InChI=1S/C12H18N2S2/c1-9(2)14-8-10-7-12(15-5-6-16-12)4-3-11(10)13-14/h8-9H,3-7H2,1-2H3. The van der Waals surface area contributed by atoms with Gasteiger partial charge in [-0.2, -0.15) is 5.10 Å². The van der Waals surface area contributed by atoms with Gasteiger partial charge < -0.3 is 0 Å². The van der Waals surface area contributed by atoms with Crippen LogP contribution in [0, 0.1) is 0 Å². The lowest BCUT2D eigenvalue weighted by Gasteiger charge is -2.30. The number of fused-ring (bicyclic) bond motifs is 1. The second-order valence-electron chi connectivity index (χ2n) is 4.96. The summed E-state index contributed by atoms with van der Waals surface area (Å²) in [5.74, 6) is 2.66. The van der Waals surface area contributed by atoms with Crippen molar-refractivity contribution < 1.29 is 0 Å². The van der Waals surface area contributed by atoms with Crippen LogP contribution in [-0.4, -0.2) is 25.4 Å². The van der Waals surface area contributed by atoms with Gasteiger partial charge in [-0.15, -0.1) is 23.5 Å². The smallest absolute Gasteiger partial charge is 0.0658 e. The topological polar surface area (TPSA) is 17.8 Å². The highest BCUT2D eigenvalue weighted by Gasteiger charge is 2.39. The van der Waals surface area contributed by atoms with E-state index in [1.165, 1.54) is 42.0 Å². The minimum atomic E-state index is 0.491. The predicted octanol–water partition coefficient (Wildman–Crippen LogP) is 3.13. The van der Waals surface area contributed by atoms with Crippen molar-refractivity contribution in [1.82, 2.24) is 9.78 Å². The Morgan fingerprint density at radius 3 is 2.81 bits per heavy atom. The number of hydrogen-bond donors (Lipinski definition) is 0. The molecule has 0 aromatic carbocycles. The van der Waals surface area contributed by atoms with Gasteiger partial charge >= 0.3 is 0 Å². The van der Waals surface area contributed by atoms with Crippen molar-refractivity contribution in [3.05, 3.63) is 17.5 Å². The first-order valence-electron chi connectivity index (χ1n) is 6.03. The number of hydrogen-bond acceptors (Lipinski definition) is 3. The van der Waals surface area contributed by atoms with Crippen LogP contribution in [0.4, 0.5) is 0 Å². The molecule has 0 saturated carbocycles. The predicted molar refractivity (Wildman–Crippen MR) is 72.3 cm³/mol. The Balaban J connectivity index is 1.88. The molecule has 1 aliphatic heterocycles. The van der Waals surface area contributed by atoms with E-state index in [0.717, 1.165) is 0 Å². The largest absolute Gasteiger partial charge is 0.270 e. The van der Waals surface area contributed by atoms with Crippen LogP contribution in [0.15, 0.2) is 6.20 Å². The second-order valence-corrected chi connectivity index (χ2v) is 8.17. The number of nitrogens with zero attached hydrogens (tertiary/aromatic N) is 2. The van der Waals surface area contributed by atoms with Gasteiger partial charge in [-0.1, -0.05) is 0 Å². The summed E-state index contributed by atoms with van der Waals surface area (Å²) >= 11 is 4.35. The Hall–Kier alpha value is -0.0900. The molecule has 1 saturated heterocycles. The van der Waals surface area contributed by atoms with Gasteiger partial charge in [0.2, 0.25) is 0 Å². The SMILES string of the molecule is CC(C)n1cc2c(n1)CCC1(C2)SCCS1. The first-order chi connectivity index (χ1) is 7.69. The highest BCUT2D eigenvalue weighted by Crippen LogP contribution is 2.51. The lowest BCUT2D eigenvalue weighted by molar-refractivity contribution is 0.525. The fourth-order valence-electron chi connectivity index (χ4n) is 2.52. The molecule has 3 rings (SSSR count). The van der Waals surface area contributed by atoms with Crippen LogP contribution in [-0.2, 0) is 12.8 Å². The summed E-state index contributed by atoms with van der Waals surface area (Å²) in [5.41, 5.74) is 2.86. The van der Waals surface area contributed by atoms with Crippen LogP contribution in [0.2, 0.25) is 0 Å². The van der Waals surface area contributed by atoms with E-state index in [4.69, 9.17) is 5.10 Å². The Morgan fingerprint density at radius 2 is 2.12 bits per heavy atom. The van der Waals surface area contributed by atoms with Gasteiger partial charge in [-0.25, -0.2) is 0 Å². The zero-order valence-electron chi connectivity index (χ0n) is 9.90. The fraction of sp³-hybridized carbons (Fsp3) is 0.750. The minimum Gasteiger partial charge on any atom is -0.270 e. The summed E-state index contributed by atoms with van der Waals surface area (Å²) < 4.78 is 2.63. The van der Waals surface area contributed by atoms with Gasteiger partial charge in [-0.05, 0) is 38.7 Å². The molecule has 2 nitrogen and oxygen atoms in total. The molecule has 4 heteroatoms. The average molecular weight is 254 g/mol. The monoisotopic (exact) mass is 254 g/mol. The van der Waals surface area contributed by atoms with E-state index >= 15 is 0 Å². The number of rotatable bonds is 1. The van der Waals surface area contributed by atoms with E-state index in [-0.39, 0.29) is 0 Å². The molecular formula is C12H18N2S2. The van der Waals surface area contributed by atoms with Crippen LogP contribution in [0.1, 0.15) is 37.6 Å². The van der Waals surface area contributed by atoms with Gasteiger partial charge in [0.15, 0.2) is 0 Å². The van der Waals surface area contributed by atoms with Crippen LogP contribution in [0.25, 0.3) is 0 Å². The van der Waals surface area contributed by atoms with E-state index in [1.807, 2.05) is 0 Å².